The van der Waals surface area contributed by atoms with E-state index < -0.39 is 0 Å². The smallest absolute Gasteiger partial charge is 0.165 e. The van der Waals surface area contributed by atoms with Gasteiger partial charge in [0.05, 0.1) is 11.8 Å². The van der Waals surface area contributed by atoms with Crippen LogP contribution in [0.1, 0.15) is 77.8 Å². The number of carbonyl (C=O) groups excluding carboxylic acids is 1. The number of aryl methyl sites for hydroxylation is 1. The summed E-state index contributed by atoms with van der Waals surface area (Å²) in [6.45, 7) is 7.69. The van der Waals surface area contributed by atoms with Gasteiger partial charge in [-0.2, -0.15) is 5.10 Å². The summed E-state index contributed by atoms with van der Waals surface area (Å²) in [6.07, 6.45) is 12.6. The third-order valence-corrected chi connectivity index (χ3v) is 9.65. The average molecular weight is 397 g/mol. The third-order valence-electron chi connectivity index (χ3n) is 9.65. The summed E-state index contributed by atoms with van der Waals surface area (Å²) in [4.78, 5) is 13.5. The van der Waals surface area contributed by atoms with Gasteiger partial charge in [0.1, 0.15) is 0 Å². The molecular weight excluding hydrogens is 360 g/mol. The van der Waals surface area contributed by atoms with E-state index in [1.54, 1.807) is 0 Å². The highest BCUT2D eigenvalue weighted by atomic mass is 16.3. The first-order valence-electron chi connectivity index (χ1n) is 11.8. The van der Waals surface area contributed by atoms with Gasteiger partial charge in [-0.3, -0.25) is 9.48 Å². The van der Waals surface area contributed by atoms with E-state index in [4.69, 9.17) is 0 Å². The highest BCUT2D eigenvalue weighted by Gasteiger charge is 2.61. The molecule has 0 radical (unpaired) electrons. The molecule has 1 N–H and O–H groups in total. The van der Waals surface area contributed by atoms with Gasteiger partial charge >= 0.3 is 0 Å². The molecule has 0 saturated heterocycles. The molecule has 158 valence electrons. The third kappa shape index (κ3) is 2.81. The molecule has 1 heterocycles. The van der Waals surface area contributed by atoms with Gasteiger partial charge in [-0.1, -0.05) is 13.8 Å². The topological polar surface area (TPSA) is 55.1 Å². The van der Waals surface area contributed by atoms with Crippen molar-refractivity contribution in [1.82, 2.24) is 9.78 Å². The Morgan fingerprint density at radius 3 is 2.83 bits per heavy atom. The van der Waals surface area contributed by atoms with Gasteiger partial charge in [-0.15, -0.1) is 0 Å². The molecule has 0 aromatic carbocycles. The average Bonchev–Trinajstić information content (AvgIpc) is 3.25. The van der Waals surface area contributed by atoms with Crippen molar-refractivity contribution in [2.45, 2.75) is 84.8 Å². The summed E-state index contributed by atoms with van der Waals surface area (Å²) < 4.78 is 1.98. The Morgan fingerprint density at radius 1 is 1.21 bits per heavy atom. The van der Waals surface area contributed by atoms with Crippen LogP contribution >= 0.6 is 0 Å². The number of hydrogen-bond donors (Lipinski definition) is 1. The molecule has 0 amide bonds. The van der Waals surface area contributed by atoms with Crippen LogP contribution in [0.25, 0.3) is 6.08 Å². The minimum absolute atomic E-state index is 0.0931. The molecule has 1 aromatic rings. The maximum Gasteiger partial charge on any atom is 0.165 e. The number of aliphatic hydroxyl groups excluding tert-OH is 1. The Balaban J connectivity index is 1.45. The predicted octanol–water partition coefficient (Wildman–Crippen LogP) is 4.87. The summed E-state index contributed by atoms with van der Waals surface area (Å²) >= 11 is 0. The molecular formula is C25H36N2O2. The first-order valence-corrected chi connectivity index (χ1v) is 11.8. The zero-order chi connectivity index (χ0) is 20.4. The van der Waals surface area contributed by atoms with Crippen LogP contribution in [0, 0.1) is 34.5 Å². The van der Waals surface area contributed by atoms with Crippen LogP contribution < -0.4 is 0 Å². The van der Waals surface area contributed by atoms with E-state index in [9.17, 15) is 9.90 Å². The van der Waals surface area contributed by atoms with Crippen LogP contribution in [0.15, 0.2) is 17.8 Å². The Labute approximate surface area is 174 Å². The van der Waals surface area contributed by atoms with Crippen molar-refractivity contribution in [2.75, 3.05) is 0 Å². The first kappa shape index (κ1) is 19.5. The Kier molecular flexibility index (Phi) is 4.58. The number of Topliss-reactive ketones (excluding diaryl/α,β-unsaturated/α-hetero) is 1. The summed E-state index contributed by atoms with van der Waals surface area (Å²) in [6, 6.07) is 2.02. The van der Waals surface area contributed by atoms with Gasteiger partial charge in [0.2, 0.25) is 0 Å². The van der Waals surface area contributed by atoms with Crippen LogP contribution in [-0.2, 0) is 11.3 Å². The molecule has 0 unspecified atom stereocenters. The summed E-state index contributed by atoms with van der Waals surface area (Å²) in [7, 11) is 0. The van der Waals surface area contributed by atoms with Crippen LogP contribution in [0.2, 0.25) is 0 Å². The molecule has 4 aliphatic carbocycles. The molecule has 5 rings (SSSR count). The molecule has 4 aliphatic rings. The minimum Gasteiger partial charge on any atom is -0.393 e. The lowest BCUT2D eigenvalue weighted by atomic mass is 9.45. The van der Waals surface area contributed by atoms with Gasteiger partial charge < -0.3 is 5.11 Å². The number of hydrogen-bond acceptors (Lipinski definition) is 3. The lowest BCUT2D eigenvalue weighted by molar-refractivity contribution is -0.141. The normalized spacial score (nSPS) is 45.7. The highest BCUT2D eigenvalue weighted by Crippen LogP contribution is 2.66. The van der Waals surface area contributed by atoms with Crippen molar-refractivity contribution >= 4 is 11.9 Å². The van der Waals surface area contributed by atoms with Crippen LogP contribution in [0.5, 0.6) is 0 Å². The molecule has 4 saturated carbocycles. The maximum absolute atomic E-state index is 13.5. The summed E-state index contributed by atoms with van der Waals surface area (Å²) in [5.74, 6) is 2.94. The van der Waals surface area contributed by atoms with Crippen molar-refractivity contribution in [3.05, 3.63) is 23.5 Å². The van der Waals surface area contributed by atoms with Gasteiger partial charge in [-0.25, -0.2) is 0 Å². The first-order chi connectivity index (χ1) is 13.9. The molecule has 4 nitrogen and oxygen atoms in total. The number of carbonyl (C=O) groups is 1. The van der Waals surface area contributed by atoms with Gasteiger partial charge in [0, 0.05) is 18.2 Å². The van der Waals surface area contributed by atoms with Crippen molar-refractivity contribution in [1.29, 1.82) is 0 Å². The van der Waals surface area contributed by atoms with Gasteiger partial charge in [-0.05, 0) is 105 Å². The summed E-state index contributed by atoms with van der Waals surface area (Å²) in [5.41, 5.74) is 2.27. The summed E-state index contributed by atoms with van der Waals surface area (Å²) in [5, 5.41) is 14.6. The van der Waals surface area contributed by atoms with E-state index >= 15 is 0 Å². The quantitative estimate of drug-likeness (QED) is 0.726. The zero-order valence-electron chi connectivity index (χ0n) is 18.2. The molecule has 4 fully saturated rings. The fraction of sp³-hybridized carbons (Fsp3) is 0.760. The van der Waals surface area contributed by atoms with E-state index in [2.05, 4.69) is 31.9 Å². The van der Waals surface area contributed by atoms with E-state index in [1.165, 1.54) is 19.3 Å². The molecule has 7 atom stereocenters. The highest BCUT2D eigenvalue weighted by molar-refractivity contribution is 6.05. The van der Waals surface area contributed by atoms with Crippen LogP contribution in [-0.4, -0.2) is 26.8 Å². The number of fused-ring (bicyclic) bond motifs is 5. The Morgan fingerprint density at radius 2 is 2.03 bits per heavy atom. The second-order valence-corrected chi connectivity index (χ2v) is 10.8. The lowest BCUT2D eigenvalue weighted by Gasteiger charge is -2.59. The second kappa shape index (κ2) is 6.80. The standard InChI is InChI=1S/C25H36N2O2/c1-4-27-18(9-12-26-27)13-16-14-22-20-6-5-17-15-19(28)7-10-24(17,2)21(20)8-11-25(22,3)23(16)29/h9,12-13,17,19-22,28H,4-8,10-11,14-15H2,1-3H3/b16-13+/t17-,19-,20+,21-,22-,24-,25-/m0/s1. The monoisotopic (exact) mass is 396 g/mol. The Hall–Kier alpha value is -1.42. The number of nitrogens with zero attached hydrogens (tertiary/aromatic N) is 2. The van der Waals surface area contributed by atoms with Crippen LogP contribution in [0.4, 0.5) is 0 Å². The van der Waals surface area contributed by atoms with E-state index in [1.807, 2.05) is 16.9 Å². The number of rotatable bonds is 2. The molecule has 4 heteroatoms. The lowest BCUT2D eigenvalue weighted by Crippen LogP contribution is -2.54. The maximum atomic E-state index is 13.5. The molecule has 0 aliphatic heterocycles. The van der Waals surface area contributed by atoms with Gasteiger partial charge in [0.15, 0.2) is 5.78 Å². The predicted molar refractivity (Wildman–Crippen MR) is 114 cm³/mol. The van der Waals surface area contributed by atoms with E-state index in [-0.39, 0.29) is 11.5 Å². The minimum atomic E-state index is -0.179. The molecule has 1 aromatic heterocycles. The van der Waals surface area contributed by atoms with E-state index in [0.717, 1.165) is 55.8 Å². The number of ketones is 1. The van der Waals surface area contributed by atoms with Crippen molar-refractivity contribution in [3.63, 3.8) is 0 Å². The molecule has 29 heavy (non-hydrogen) atoms. The fourth-order valence-electron chi connectivity index (χ4n) is 7.94. The van der Waals surface area contributed by atoms with Crippen molar-refractivity contribution < 1.29 is 9.90 Å². The number of allylic oxidation sites excluding steroid dienone is 1. The fourth-order valence-corrected chi connectivity index (χ4v) is 7.94. The SMILES string of the molecule is CCn1nccc1/C=C1\C[C@H]2[C@@H]3CC[C@H]4C[C@@H](O)CC[C@]4(C)[C@H]3CC[C@]2(C)C1=O. The number of aromatic nitrogens is 2. The number of aliphatic hydroxyl groups is 1. The molecule has 0 spiro atoms. The van der Waals surface area contributed by atoms with Crippen molar-refractivity contribution in [2.24, 2.45) is 34.5 Å². The van der Waals surface area contributed by atoms with Gasteiger partial charge in [0.25, 0.3) is 0 Å². The largest absolute Gasteiger partial charge is 0.393 e. The van der Waals surface area contributed by atoms with E-state index in [0.29, 0.717) is 29.0 Å². The van der Waals surface area contributed by atoms with Crippen molar-refractivity contribution in [3.8, 4) is 0 Å². The second-order valence-electron chi connectivity index (χ2n) is 10.8. The Bertz CT molecular complexity index is 842. The van der Waals surface area contributed by atoms with Crippen LogP contribution in [0.3, 0.4) is 0 Å². The zero-order valence-corrected chi connectivity index (χ0v) is 18.2. The molecule has 0 bridgehead atoms.